The van der Waals surface area contributed by atoms with Crippen molar-refractivity contribution < 1.29 is 23.9 Å². The number of esters is 1. The molecule has 29 heavy (non-hydrogen) atoms. The fraction of sp³-hybridized carbons (Fsp3) is 0.0952. The zero-order chi connectivity index (χ0) is 20.8. The zero-order valence-electron chi connectivity index (χ0n) is 15.4. The van der Waals surface area contributed by atoms with Gasteiger partial charge in [-0.1, -0.05) is 35.9 Å². The third kappa shape index (κ3) is 5.03. The number of nitrogens with one attached hydrogen (secondary N) is 2. The van der Waals surface area contributed by atoms with Crippen molar-refractivity contribution in [2.24, 2.45) is 0 Å². The highest BCUT2D eigenvalue weighted by atomic mass is 35.5. The summed E-state index contributed by atoms with van der Waals surface area (Å²) >= 11 is 5.76. The third-order valence-electron chi connectivity index (χ3n) is 4.04. The number of amides is 2. The lowest BCUT2D eigenvalue weighted by atomic mass is 10.1. The molecule has 148 valence electrons. The van der Waals surface area contributed by atoms with E-state index in [9.17, 15) is 14.4 Å². The number of carbonyl (C=O) groups is 3. The van der Waals surface area contributed by atoms with Gasteiger partial charge in [0.05, 0.1) is 7.11 Å². The van der Waals surface area contributed by atoms with Gasteiger partial charge in [-0.15, -0.1) is 0 Å². The van der Waals surface area contributed by atoms with Crippen molar-refractivity contribution in [3.8, 4) is 5.75 Å². The Balaban J connectivity index is 1.57. The van der Waals surface area contributed by atoms with Gasteiger partial charge in [0.1, 0.15) is 11.3 Å². The van der Waals surface area contributed by atoms with Crippen LogP contribution in [0.1, 0.15) is 20.7 Å². The number of fused-ring (bicyclic) bond motifs is 1. The Morgan fingerprint density at radius 1 is 0.931 bits per heavy atom. The first-order chi connectivity index (χ1) is 14.0. The molecule has 0 fully saturated rings. The summed E-state index contributed by atoms with van der Waals surface area (Å²) in [7, 11) is 1.44. The Bertz CT molecular complexity index is 1070. The second-order valence-corrected chi connectivity index (χ2v) is 6.42. The van der Waals surface area contributed by atoms with Crippen molar-refractivity contribution in [1.82, 2.24) is 10.9 Å². The number of hydrazine groups is 1. The standard InChI is InChI=1S/C21H17ClN2O5/c1-28-18-11-15-5-3-2-4-14(15)10-17(18)21(27)29-12-19(25)23-24-20(26)13-6-8-16(22)9-7-13/h2-11H,12H2,1H3,(H,23,25)(H,24,26). The van der Waals surface area contributed by atoms with Crippen LogP contribution in [0.4, 0.5) is 0 Å². The van der Waals surface area contributed by atoms with Gasteiger partial charge >= 0.3 is 5.97 Å². The second-order valence-electron chi connectivity index (χ2n) is 5.98. The van der Waals surface area contributed by atoms with Crippen molar-refractivity contribution >= 4 is 40.2 Å². The SMILES string of the molecule is COc1cc2ccccc2cc1C(=O)OCC(=O)NNC(=O)c1ccc(Cl)cc1. The van der Waals surface area contributed by atoms with Gasteiger partial charge in [0.25, 0.3) is 11.8 Å². The van der Waals surface area contributed by atoms with Crippen LogP contribution in [0.2, 0.25) is 5.02 Å². The van der Waals surface area contributed by atoms with E-state index in [2.05, 4.69) is 10.9 Å². The Morgan fingerprint density at radius 3 is 2.24 bits per heavy atom. The number of halogens is 1. The molecular formula is C21H17ClN2O5. The quantitative estimate of drug-likeness (QED) is 0.496. The molecule has 2 N–H and O–H groups in total. The first-order valence-electron chi connectivity index (χ1n) is 8.56. The molecule has 3 aromatic carbocycles. The number of benzene rings is 3. The lowest BCUT2D eigenvalue weighted by Crippen LogP contribution is -2.43. The van der Waals surface area contributed by atoms with E-state index in [1.54, 1.807) is 24.3 Å². The van der Waals surface area contributed by atoms with Crippen LogP contribution < -0.4 is 15.6 Å². The molecule has 0 aliphatic carbocycles. The molecule has 0 unspecified atom stereocenters. The van der Waals surface area contributed by atoms with E-state index >= 15 is 0 Å². The maximum atomic E-state index is 12.4. The summed E-state index contributed by atoms with van der Waals surface area (Å²) in [5.41, 5.74) is 4.92. The van der Waals surface area contributed by atoms with Crippen molar-refractivity contribution in [3.05, 3.63) is 76.8 Å². The van der Waals surface area contributed by atoms with Gasteiger partial charge in [-0.2, -0.15) is 0 Å². The Kier molecular flexibility index (Phi) is 6.31. The highest BCUT2D eigenvalue weighted by molar-refractivity contribution is 6.30. The van der Waals surface area contributed by atoms with E-state index < -0.39 is 24.4 Å². The third-order valence-corrected chi connectivity index (χ3v) is 4.30. The Morgan fingerprint density at radius 2 is 1.59 bits per heavy atom. The molecule has 0 heterocycles. The predicted molar refractivity (Wildman–Crippen MR) is 108 cm³/mol. The molecule has 3 aromatic rings. The van der Waals surface area contributed by atoms with Crippen LogP contribution in [-0.2, 0) is 9.53 Å². The van der Waals surface area contributed by atoms with E-state index in [1.165, 1.54) is 19.2 Å². The van der Waals surface area contributed by atoms with Crippen LogP contribution in [0.25, 0.3) is 10.8 Å². The molecule has 0 bridgehead atoms. The Hall–Kier alpha value is -3.58. The van der Waals surface area contributed by atoms with Gasteiger partial charge in [0, 0.05) is 10.6 Å². The predicted octanol–water partition coefficient (Wildman–Crippen LogP) is 3.12. The van der Waals surface area contributed by atoms with E-state index in [0.29, 0.717) is 16.3 Å². The van der Waals surface area contributed by atoms with Crippen LogP contribution in [0.5, 0.6) is 5.75 Å². The molecule has 0 aliphatic heterocycles. The van der Waals surface area contributed by atoms with Crippen molar-refractivity contribution in [2.45, 2.75) is 0 Å². The molecule has 0 radical (unpaired) electrons. The summed E-state index contributed by atoms with van der Waals surface area (Å²) in [5.74, 6) is -1.60. The van der Waals surface area contributed by atoms with Gasteiger partial charge in [-0.3, -0.25) is 20.4 Å². The number of rotatable bonds is 5. The second kappa shape index (κ2) is 9.07. The first-order valence-corrected chi connectivity index (χ1v) is 8.94. The molecular weight excluding hydrogens is 396 g/mol. The Labute approximate surface area is 171 Å². The van der Waals surface area contributed by atoms with Crippen LogP contribution in [0.15, 0.2) is 60.7 Å². The minimum atomic E-state index is -0.716. The van der Waals surface area contributed by atoms with Crippen LogP contribution >= 0.6 is 11.6 Å². The average molecular weight is 413 g/mol. The van der Waals surface area contributed by atoms with Gasteiger partial charge in [0.2, 0.25) is 0 Å². The fourth-order valence-electron chi connectivity index (χ4n) is 2.59. The molecule has 0 saturated heterocycles. The van der Waals surface area contributed by atoms with Crippen molar-refractivity contribution in [3.63, 3.8) is 0 Å². The summed E-state index contributed by atoms with van der Waals surface area (Å²) in [6.07, 6.45) is 0. The molecule has 0 atom stereocenters. The van der Waals surface area contributed by atoms with Crippen LogP contribution in [-0.4, -0.2) is 31.5 Å². The zero-order valence-corrected chi connectivity index (χ0v) is 16.2. The minimum absolute atomic E-state index is 0.198. The molecule has 0 saturated carbocycles. The lowest BCUT2D eigenvalue weighted by Gasteiger charge is -2.11. The van der Waals surface area contributed by atoms with Gasteiger partial charge in [-0.25, -0.2) is 4.79 Å². The topological polar surface area (TPSA) is 93.7 Å². The number of carbonyl (C=O) groups excluding carboxylic acids is 3. The average Bonchev–Trinajstić information content (AvgIpc) is 2.75. The maximum absolute atomic E-state index is 12.4. The van der Waals surface area contributed by atoms with Gasteiger partial charge < -0.3 is 9.47 Å². The van der Waals surface area contributed by atoms with Gasteiger partial charge in [-0.05, 0) is 47.2 Å². The summed E-state index contributed by atoms with van der Waals surface area (Å²) in [4.78, 5) is 36.2. The number of hydrogen-bond donors (Lipinski definition) is 2. The monoisotopic (exact) mass is 412 g/mol. The van der Waals surface area contributed by atoms with E-state index in [-0.39, 0.29) is 5.56 Å². The molecule has 7 nitrogen and oxygen atoms in total. The molecule has 2 amide bonds. The van der Waals surface area contributed by atoms with E-state index in [0.717, 1.165) is 10.8 Å². The fourth-order valence-corrected chi connectivity index (χ4v) is 2.72. The van der Waals surface area contributed by atoms with Crippen LogP contribution in [0, 0.1) is 0 Å². The number of methoxy groups -OCH3 is 1. The summed E-state index contributed by atoms with van der Waals surface area (Å²) in [5, 5.41) is 2.23. The normalized spacial score (nSPS) is 10.3. The highest BCUT2D eigenvalue weighted by Gasteiger charge is 2.17. The van der Waals surface area contributed by atoms with Gasteiger partial charge in [0.15, 0.2) is 6.61 Å². The van der Waals surface area contributed by atoms with Crippen molar-refractivity contribution in [2.75, 3.05) is 13.7 Å². The first kappa shape index (κ1) is 20.2. The number of hydrogen-bond acceptors (Lipinski definition) is 5. The molecule has 0 aliphatic rings. The smallest absolute Gasteiger partial charge is 0.342 e. The van der Waals surface area contributed by atoms with Crippen molar-refractivity contribution in [1.29, 1.82) is 0 Å². The largest absolute Gasteiger partial charge is 0.496 e. The molecule has 3 rings (SSSR count). The molecule has 0 spiro atoms. The van der Waals surface area contributed by atoms with E-state index in [1.807, 2.05) is 24.3 Å². The molecule has 8 heteroatoms. The summed E-state index contributed by atoms with van der Waals surface area (Å²) < 4.78 is 10.3. The van der Waals surface area contributed by atoms with Crippen LogP contribution in [0.3, 0.4) is 0 Å². The molecule has 0 aromatic heterocycles. The maximum Gasteiger partial charge on any atom is 0.342 e. The van der Waals surface area contributed by atoms with E-state index in [4.69, 9.17) is 21.1 Å². The summed E-state index contributed by atoms with van der Waals surface area (Å²) in [6.45, 7) is -0.574. The summed E-state index contributed by atoms with van der Waals surface area (Å²) in [6, 6.07) is 17.0. The number of ether oxygens (including phenoxy) is 2. The highest BCUT2D eigenvalue weighted by Crippen LogP contribution is 2.26. The lowest BCUT2D eigenvalue weighted by molar-refractivity contribution is -0.125. The minimum Gasteiger partial charge on any atom is -0.496 e.